The molecular weight excluding hydrogens is 467 g/mol. The van der Waals surface area contributed by atoms with Crippen LogP contribution in [0.4, 0.5) is 15.2 Å². The molecule has 0 aliphatic carbocycles. The molecule has 0 N–H and O–H groups in total. The van der Waals surface area contributed by atoms with Crippen LogP contribution in [0.3, 0.4) is 0 Å². The molecule has 2 aromatic heterocycles. The smallest absolute Gasteiger partial charge is 0.331 e. The van der Waals surface area contributed by atoms with Crippen LogP contribution in [0.2, 0.25) is 0 Å². The summed E-state index contributed by atoms with van der Waals surface area (Å²) in [7, 11) is 0. The van der Waals surface area contributed by atoms with Gasteiger partial charge in [-0.3, -0.25) is 9.69 Å². The maximum Gasteiger partial charge on any atom is 0.331 e. The molecule has 0 saturated heterocycles. The molecule has 4 rings (SSSR count). The van der Waals surface area contributed by atoms with Gasteiger partial charge in [-0.1, -0.05) is 30.3 Å². The quantitative estimate of drug-likeness (QED) is 0.252. The molecule has 2 heterocycles. The summed E-state index contributed by atoms with van der Waals surface area (Å²) in [5.74, 6) is -1.45. The Morgan fingerprint density at radius 2 is 1.83 bits per heavy atom. The largest absolute Gasteiger partial charge is 0.456 e. The fraction of sp³-hybridized carbons (Fsp3) is 0.154. The minimum absolute atomic E-state index is 0.0794. The van der Waals surface area contributed by atoms with Crippen LogP contribution in [-0.4, -0.2) is 26.6 Å². The lowest BCUT2D eigenvalue weighted by molar-refractivity contribution is -0.139. The molecule has 0 aliphatic heterocycles. The van der Waals surface area contributed by atoms with E-state index in [0.29, 0.717) is 10.8 Å². The first-order valence-corrected chi connectivity index (χ1v) is 11.7. The van der Waals surface area contributed by atoms with Gasteiger partial charge in [-0.25, -0.2) is 18.9 Å². The molecule has 0 spiro atoms. The molecule has 9 heteroatoms. The van der Waals surface area contributed by atoms with Crippen LogP contribution >= 0.6 is 11.3 Å². The standard InChI is InChI=1S/C26H23FN4O3S/c1-17-22(18(2)31(29-17)21-9-5-4-6-10-21)13-14-25(33)34-15-20-16-35-26(28-20)30(19(3)32)24-12-8-7-11-23(24)27/h4-14,16H,15H2,1-3H3/b14-13+. The second kappa shape index (κ2) is 10.4. The van der Waals surface area contributed by atoms with Crippen molar-refractivity contribution in [3.63, 3.8) is 0 Å². The number of benzene rings is 2. The molecule has 0 radical (unpaired) electrons. The van der Waals surface area contributed by atoms with Crippen molar-refractivity contribution in [2.75, 3.05) is 4.90 Å². The zero-order valence-electron chi connectivity index (χ0n) is 19.4. The van der Waals surface area contributed by atoms with Crippen LogP contribution in [-0.2, 0) is 20.9 Å². The lowest BCUT2D eigenvalue weighted by Gasteiger charge is -2.18. The van der Waals surface area contributed by atoms with Gasteiger partial charge in [-0.2, -0.15) is 5.10 Å². The van der Waals surface area contributed by atoms with Gasteiger partial charge in [0.1, 0.15) is 12.4 Å². The maximum atomic E-state index is 14.2. The molecule has 35 heavy (non-hydrogen) atoms. The average molecular weight is 491 g/mol. The summed E-state index contributed by atoms with van der Waals surface area (Å²) >= 11 is 1.16. The van der Waals surface area contributed by atoms with Gasteiger partial charge >= 0.3 is 5.97 Å². The first kappa shape index (κ1) is 24.0. The Hall–Kier alpha value is -4.11. The predicted molar refractivity (Wildman–Crippen MR) is 133 cm³/mol. The minimum atomic E-state index is -0.539. The molecule has 0 saturated carbocycles. The van der Waals surface area contributed by atoms with Crippen molar-refractivity contribution in [1.29, 1.82) is 0 Å². The van der Waals surface area contributed by atoms with E-state index in [1.165, 1.54) is 30.0 Å². The number of rotatable bonds is 7. The highest BCUT2D eigenvalue weighted by Crippen LogP contribution is 2.31. The second-order valence-electron chi connectivity index (χ2n) is 7.70. The van der Waals surface area contributed by atoms with Crippen molar-refractivity contribution in [2.45, 2.75) is 27.4 Å². The van der Waals surface area contributed by atoms with Crippen LogP contribution in [0.25, 0.3) is 11.8 Å². The van der Waals surface area contributed by atoms with Crippen molar-refractivity contribution in [3.8, 4) is 5.69 Å². The van der Waals surface area contributed by atoms with E-state index in [2.05, 4.69) is 10.1 Å². The Kier molecular flexibility index (Phi) is 7.17. The zero-order chi connectivity index (χ0) is 24.9. The average Bonchev–Trinajstić information content (AvgIpc) is 3.42. The Labute approximate surface area is 206 Å². The highest BCUT2D eigenvalue weighted by Gasteiger charge is 2.21. The van der Waals surface area contributed by atoms with Gasteiger partial charge in [0.2, 0.25) is 5.91 Å². The van der Waals surface area contributed by atoms with E-state index in [-0.39, 0.29) is 18.2 Å². The minimum Gasteiger partial charge on any atom is -0.456 e. The zero-order valence-corrected chi connectivity index (χ0v) is 20.3. The van der Waals surface area contributed by atoms with Crippen LogP contribution in [0.5, 0.6) is 0 Å². The third-order valence-electron chi connectivity index (χ3n) is 5.24. The van der Waals surface area contributed by atoms with E-state index in [9.17, 15) is 14.0 Å². The van der Waals surface area contributed by atoms with Gasteiger partial charge < -0.3 is 4.74 Å². The van der Waals surface area contributed by atoms with Crippen molar-refractivity contribution < 1.29 is 18.7 Å². The molecule has 4 aromatic rings. The third-order valence-corrected chi connectivity index (χ3v) is 6.11. The normalized spacial score (nSPS) is 11.1. The van der Waals surface area contributed by atoms with Crippen LogP contribution in [0.1, 0.15) is 29.6 Å². The predicted octanol–water partition coefficient (Wildman–Crippen LogP) is 5.53. The number of para-hydroxylation sites is 2. The molecule has 7 nitrogen and oxygen atoms in total. The number of ether oxygens (including phenoxy) is 1. The molecule has 0 unspecified atom stereocenters. The molecule has 0 atom stereocenters. The molecule has 1 amide bonds. The Bertz CT molecular complexity index is 1390. The lowest BCUT2D eigenvalue weighted by Crippen LogP contribution is -2.23. The third kappa shape index (κ3) is 5.36. The number of hydrogen-bond acceptors (Lipinski definition) is 6. The highest BCUT2D eigenvalue weighted by atomic mass is 32.1. The second-order valence-corrected chi connectivity index (χ2v) is 8.54. The van der Waals surface area contributed by atoms with Gasteiger partial charge in [0, 0.05) is 29.6 Å². The van der Waals surface area contributed by atoms with Gasteiger partial charge in [-0.05, 0) is 44.2 Å². The number of anilines is 2. The van der Waals surface area contributed by atoms with E-state index in [1.54, 1.807) is 23.6 Å². The molecule has 2 aromatic carbocycles. The summed E-state index contributed by atoms with van der Waals surface area (Å²) in [5, 5.41) is 6.53. The van der Waals surface area contributed by atoms with E-state index in [1.807, 2.05) is 48.9 Å². The fourth-order valence-electron chi connectivity index (χ4n) is 3.57. The van der Waals surface area contributed by atoms with Crippen molar-refractivity contribution in [3.05, 3.63) is 94.5 Å². The Balaban J connectivity index is 1.43. The van der Waals surface area contributed by atoms with Gasteiger partial charge in [0.25, 0.3) is 0 Å². The van der Waals surface area contributed by atoms with Crippen LogP contribution < -0.4 is 4.90 Å². The number of halogens is 1. The summed E-state index contributed by atoms with van der Waals surface area (Å²) in [5.41, 5.74) is 4.03. The number of esters is 1. The SMILES string of the molecule is CC(=O)N(c1nc(COC(=O)/C=C/c2c(C)nn(-c3ccccc3)c2C)cs1)c1ccccc1F. The lowest BCUT2D eigenvalue weighted by atomic mass is 10.2. The maximum absolute atomic E-state index is 14.2. The van der Waals surface area contributed by atoms with Crippen molar-refractivity contribution >= 4 is 40.1 Å². The van der Waals surface area contributed by atoms with E-state index in [0.717, 1.165) is 34.0 Å². The molecule has 0 bridgehead atoms. The number of aryl methyl sites for hydroxylation is 1. The number of carbonyl (C=O) groups is 2. The summed E-state index contributed by atoms with van der Waals surface area (Å²) in [6.45, 7) is 5.07. The van der Waals surface area contributed by atoms with Crippen molar-refractivity contribution in [2.24, 2.45) is 0 Å². The molecule has 178 valence electrons. The van der Waals surface area contributed by atoms with Gasteiger partial charge in [0.15, 0.2) is 5.13 Å². The Morgan fingerprint density at radius 1 is 1.11 bits per heavy atom. The molecule has 0 aliphatic rings. The number of amides is 1. The monoisotopic (exact) mass is 490 g/mol. The number of hydrogen-bond donors (Lipinski definition) is 0. The summed E-state index contributed by atoms with van der Waals surface area (Å²) in [6, 6.07) is 15.7. The number of carbonyl (C=O) groups excluding carboxylic acids is 2. The van der Waals surface area contributed by atoms with E-state index in [4.69, 9.17) is 4.74 Å². The van der Waals surface area contributed by atoms with Crippen LogP contribution in [0, 0.1) is 19.7 Å². The topological polar surface area (TPSA) is 77.3 Å². The van der Waals surface area contributed by atoms with Crippen molar-refractivity contribution in [1.82, 2.24) is 14.8 Å². The van der Waals surface area contributed by atoms with E-state index < -0.39 is 11.8 Å². The molecular formula is C26H23FN4O3S. The number of thiazole rings is 1. The van der Waals surface area contributed by atoms with Gasteiger partial charge in [0.05, 0.1) is 22.8 Å². The fourth-order valence-corrected chi connectivity index (χ4v) is 4.43. The Morgan fingerprint density at radius 3 is 2.54 bits per heavy atom. The number of nitrogens with zero attached hydrogens (tertiary/aromatic N) is 4. The molecule has 0 fully saturated rings. The summed E-state index contributed by atoms with van der Waals surface area (Å²) in [6.07, 6.45) is 3.03. The van der Waals surface area contributed by atoms with E-state index >= 15 is 0 Å². The summed E-state index contributed by atoms with van der Waals surface area (Å²) in [4.78, 5) is 30.0. The first-order chi connectivity index (χ1) is 16.8. The first-order valence-electron chi connectivity index (χ1n) is 10.8. The van der Waals surface area contributed by atoms with Crippen LogP contribution in [0.15, 0.2) is 66.1 Å². The number of aromatic nitrogens is 3. The highest BCUT2D eigenvalue weighted by molar-refractivity contribution is 7.14. The summed E-state index contributed by atoms with van der Waals surface area (Å²) < 4.78 is 21.4. The van der Waals surface area contributed by atoms with Gasteiger partial charge in [-0.15, -0.1) is 11.3 Å².